The fourth-order valence-corrected chi connectivity index (χ4v) is 3.64. The molecule has 0 aliphatic carbocycles. The predicted octanol–water partition coefficient (Wildman–Crippen LogP) is -2.35. The van der Waals surface area contributed by atoms with Crippen LogP contribution < -0.4 is 10.6 Å². The number of hydrogen-bond acceptors (Lipinski definition) is 9. The Morgan fingerprint density at radius 3 is 1.95 bits per heavy atom. The zero-order chi connectivity index (χ0) is 17.2. The standard InChI is InChI=1S/C10H29N3O7P2/c1-2-4-11-5-3-6-12-10(14)7-13(8-21(15,16)17)9-22(18,19)20/h11,15-22H,2-9H2,1H3,(H,12,14). The third-order valence-corrected chi connectivity index (χ3v) is 4.26. The molecule has 0 atom stereocenters. The van der Waals surface area contributed by atoms with E-state index in [1.54, 1.807) is 0 Å². The van der Waals surface area contributed by atoms with E-state index < -0.39 is 40.9 Å². The van der Waals surface area contributed by atoms with Crippen molar-refractivity contribution in [3.63, 3.8) is 0 Å². The van der Waals surface area contributed by atoms with Crippen molar-refractivity contribution in [2.24, 2.45) is 0 Å². The van der Waals surface area contributed by atoms with Crippen LogP contribution in [-0.2, 0) is 4.79 Å². The molecule has 0 radical (unpaired) electrons. The number of rotatable bonds is 12. The van der Waals surface area contributed by atoms with Gasteiger partial charge in [-0.25, -0.2) is 0 Å². The van der Waals surface area contributed by atoms with Crippen molar-refractivity contribution in [2.45, 2.75) is 19.8 Å². The Labute approximate surface area is 130 Å². The number of hydrogen-bond donors (Lipinski definition) is 8. The first-order valence-electron chi connectivity index (χ1n) is 7.07. The molecule has 22 heavy (non-hydrogen) atoms. The molecule has 1 amide bonds. The molecule has 0 saturated heterocycles. The molecule has 12 heteroatoms. The van der Waals surface area contributed by atoms with Crippen LogP contribution in [0.4, 0.5) is 0 Å². The van der Waals surface area contributed by atoms with Crippen molar-refractivity contribution >= 4 is 21.8 Å². The van der Waals surface area contributed by atoms with Gasteiger partial charge in [0, 0.05) is 0 Å². The summed E-state index contributed by atoms with van der Waals surface area (Å²) in [5.41, 5.74) is 0. The average molecular weight is 365 g/mol. The maximum atomic E-state index is 11.7. The second-order valence-corrected chi connectivity index (χ2v) is 8.88. The van der Waals surface area contributed by atoms with Crippen LogP contribution in [0.15, 0.2) is 0 Å². The fourth-order valence-electron chi connectivity index (χ4n) is 1.77. The molecule has 0 unspecified atom stereocenters. The van der Waals surface area contributed by atoms with Crippen molar-refractivity contribution in [1.29, 1.82) is 0 Å². The van der Waals surface area contributed by atoms with E-state index in [1.165, 1.54) is 0 Å². The molecule has 0 bridgehead atoms. The molecule has 0 aliphatic heterocycles. The van der Waals surface area contributed by atoms with E-state index in [0.717, 1.165) is 24.4 Å². The molecule has 0 heterocycles. The Hall–Kier alpha value is 0.01000. The van der Waals surface area contributed by atoms with Gasteiger partial charge in [0.2, 0.25) is 0 Å². The van der Waals surface area contributed by atoms with Gasteiger partial charge in [0.05, 0.1) is 0 Å². The van der Waals surface area contributed by atoms with Crippen LogP contribution in [0.3, 0.4) is 0 Å². The molecule has 0 aromatic heterocycles. The number of nitrogens with zero attached hydrogens (tertiary/aromatic N) is 1. The first kappa shape index (κ1) is 22.0. The Morgan fingerprint density at radius 2 is 1.50 bits per heavy atom. The van der Waals surface area contributed by atoms with Crippen molar-refractivity contribution in [1.82, 2.24) is 15.5 Å². The summed E-state index contributed by atoms with van der Waals surface area (Å²) < 4.78 is 0. The molecule has 0 fully saturated rings. The minimum atomic E-state index is -4.52. The quantitative estimate of drug-likeness (QED) is 0.140. The normalized spacial score (nSPS) is 14.2. The van der Waals surface area contributed by atoms with E-state index in [4.69, 9.17) is 29.4 Å². The summed E-state index contributed by atoms with van der Waals surface area (Å²) in [7, 11) is -9.03. The molecule has 0 rings (SSSR count). The maximum absolute atomic E-state index is 11.7. The molecule has 0 aliphatic rings. The van der Waals surface area contributed by atoms with Crippen molar-refractivity contribution in [3.05, 3.63) is 0 Å². The zero-order valence-electron chi connectivity index (χ0n) is 12.7. The first-order valence-corrected chi connectivity index (χ1v) is 11.2. The Kier molecular flexibility index (Phi) is 10.7. The van der Waals surface area contributed by atoms with Gasteiger partial charge in [-0.1, -0.05) is 0 Å². The third-order valence-electron chi connectivity index (χ3n) is 2.52. The van der Waals surface area contributed by atoms with Gasteiger partial charge in [0.15, 0.2) is 0 Å². The van der Waals surface area contributed by atoms with E-state index in [1.807, 2.05) is 6.92 Å². The number of nitrogens with one attached hydrogen (secondary N) is 2. The molecule has 8 N–H and O–H groups in total. The molecular formula is C10H29N3O7P2. The second-order valence-electron chi connectivity index (χ2n) is 5.15. The van der Waals surface area contributed by atoms with Gasteiger partial charge in [-0.2, -0.15) is 0 Å². The summed E-state index contributed by atoms with van der Waals surface area (Å²) in [6.07, 6.45) is 0.332. The number of carbonyl (C=O) groups is 1. The van der Waals surface area contributed by atoms with Crippen LogP contribution in [0.2, 0.25) is 0 Å². The molecule has 0 aromatic carbocycles. The van der Waals surface area contributed by atoms with Crippen LogP contribution in [0.1, 0.15) is 19.8 Å². The molecular weight excluding hydrogens is 336 g/mol. The van der Waals surface area contributed by atoms with Crippen LogP contribution >= 0.6 is 15.9 Å². The van der Waals surface area contributed by atoms with Crippen LogP contribution in [0.5, 0.6) is 0 Å². The molecule has 10 nitrogen and oxygen atoms in total. The Morgan fingerprint density at radius 1 is 0.955 bits per heavy atom. The van der Waals surface area contributed by atoms with Crippen LogP contribution in [-0.4, -0.2) is 78.9 Å². The van der Waals surface area contributed by atoms with Gasteiger partial charge in [0.1, 0.15) is 0 Å². The topological polar surface area (TPSA) is 166 Å². The summed E-state index contributed by atoms with van der Waals surface area (Å²) in [5.74, 6) is -0.480. The van der Waals surface area contributed by atoms with Gasteiger partial charge in [-0.3, -0.25) is 0 Å². The van der Waals surface area contributed by atoms with Crippen LogP contribution in [0.25, 0.3) is 0 Å². The third kappa shape index (κ3) is 14.9. The summed E-state index contributed by atoms with van der Waals surface area (Å²) in [6.45, 7) is 3.70. The van der Waals surface area contributed by atoms with Crippen molar-refractivity contribution in [2.75, 3.05) is 38.8 Å². The number of amides is 1. The van der Waals surface area contributed by atoms with E-state index in [-0.39, 0.29) is 0 Å². The summed E-state index contributed by atoms with van der Waals surface area (Å²) in [6, 6.07) is 0. The Bertz CT molecular complexity index is 307. The van der Waals surface area contributed by atoms with Gasteiger partial charge in [0.25, 0.3) is 0 Å². The summed E-state index contributed by atoms with van der Waals surface area (Å²) >= 11 is 0. The predicted molar refractivity (Wildman–Crippen MR) is 87.2 cm³/mol. The second kappa shape index (κ2) is 10.7. The molecule has 0 spiro atoms. The molecule has 136 valence electrons. The van der Waals surface area contributed by atoms with Gasteiger partial charge < -0.3 is 0 Å². The zero-order valence-corrected chi connectivity index (χ0v) is 14.7. The first-order chi connectivity index (χ1) is 10.0. The van der Waals surface area contributed by atoms with E-state index >= 15 is 0 Å². The SMILES string of the molecule is CCCNCCCNC(=O)CN(C[PH](O)(O)O)C[PH](O)(O)O. The van der Waals surface area contributed by atoms with E-state index in [0.29, 0.717) is 13.0 Å². The van der Waals surface area contributed by atoms with Gasteiger partial charge in [-0.15, -0.1) is 0 Å². The Balaban J connectivity index is 4.15. The van der Waals surface area contributed by atoms with Gasteiger partial charge in [-0.05, 0) is 0 Å². The molecule has 0 saturated carbocycles. The van der Waals surface area contributed by atoms with Crippen molar-refractivity contribution < 1.29 is 34.2 Å². The molecule has 0 aromatic rings. The monoisotopic (exact) mass is 365 g/mol. The number of carbonyl (C=O) groups excluding carboxylic acids is 1. The average Bonchev–Trinajstić information content (AvgIpc) is 2.29. The van der Waals surface area contributed by atoms with Crippen LogP contribution in [0, 0.1) is 0 Å². The summed E-state index contributed by atoms with van der Waals surface area (Å²) in [5, 5.41) is 5.74. The minimum absolute atomic E-state index is 0.394. The fraction of sp³-hybridized carbons (Fsp3) is 0.900. The van der Waals surface area contributed by atoms with E-state index in [2.05, 4.69) is 10.6 Å². The van der Waals surface area contributed by atoms with E-state index in [9.17, 15) is 4.79 Å². The van der Waals surface area contributed by atoms with Gasteiger partial charge >= 0.3 is 130 Å². The van der Waals surface area contributed by atoms with Crippen molar-refractivity contribution in [3.8, 4) is 0 Å². The summed E-state index contributed by atoms with van der Waals surface area (Å²) in [4.78, 5) is 66.8.